The van der Waals surface area contributed by atoms with Gasteiger partial charge in [-0.1, -0.05) is 36.4 Å². The van der Waals surface area contributed by atoms with E-state index < -0.39 is 10.8 Å². The molecule has 8 nitrogen and oxygen atoms in total. The Labute approximate surface area is 154 Å². The number of benzene rings is 2. The second-order valence-electron chi connectivity index (χ2n) is 5.33. The third kappa shape index (κ3) is 5.08. The molecule has 0 radical (unpaired) electrons. The van der Waals surface area contributed by atoms with Crippen LogP contribution in [0.25, 0.3) is 0 Å². The predicted molar refractivity (Wildman–Crippen MR) is 99.3 cm³/mol. The maximum Gasteiger partial charge on any atom is 0.282 e. The van der Waals surface area contributed by atoms with Gasteiger partial charge in [0.15, 0.2) is 5.11 Å². The maximum atomic E-state index is 12.0. The van der Waals surface area contributed by atoms with Gasteiger partial charge in [0.05, 0.1) is 11.3 Å². The van der Waals surface area contributed by atoms with Gasteiger partial charge in [0, 0.05) is 6.07 Å². The Kier molecular flexibility index (Phi) is 6.34. The summed E-state index contributed by atoms with van der Waals surface area (Å²) in [6.07, 6.45) is 0.132. The minimum absolute atomic E-state index is 0.115. The summed E-state index contributed by atoms with van der Waals surface area (Å²) in [6, 6.07) is 12.9. The molecule has 2 aromatic carbocycles. The first-order chi connectivity index (χ1) is 12.4. The molecule has 0 atom stereocenters. The van der Waals surface area contributed by atoms with Crippen molar-refractivity contribution in [1.82, 2.24) is 16.2 Å². The summed E-state index contributed by atoms with van der Waals surface area (Å²) in [6.45, 7) is 1.90. The number of para-hydroxylation sites is 1. The van der Waals surface area contributed by atoms with E-state index in [-0.39, 0.29) is 28.7 Å². The Hall–Kier alpha value is -3.33. The second-order valence-corrected chi connectivity index (χ2v) is 5.74. The van der Waals surface area contributed by atoms with Crippen LogP contribution in [0.3, 0.4) is 0 Å². The molecule has 2 aromatic rings. The summed E-state index contributed by atoms with van der Waals surface area (Å²) in [5, 5.41) is 13.3. The molecule has 0 aliphatic heterocycles. The molecule has 0 aliphatic rings. The Bertz CT molecular complexity index is 869. The molecule has 0 bridgehead atoms. The molecule has 9 heteroatoms. The third-order valence-corrected chi connectivity index (χ3v) is 3.70. The van der Waals surface area contributed by atoms with Crippen LogP contribution in [-0.4, -0.2) is 21.9 Å². The number of hydrogen-bond donors (Lipinski definition) is 3. The van der Waals surface area contributed by atoms with Gasteiger partial charge in [-0.2, -0.15) is 0 Å². The first-order valence-electron chi connectivity index (χ1n) is 7.56. The fourth-order valence-corrected chi connectivity index (χ4v) is 2.35. The average molecular weight is 372 g/mol. The smallest absolute Gasteiger partial charge is 0.282 e. The molecule has 3 N–H and O–H groups in total. The highest BCUT2D eigenvalue weighted by Gasteiger charge is 2.19. The fraction of sp³-hybridized carbons (Fsp3) is 0.118. The van der Waals surface area contributed by atoms with E-state index in [9.17, 15) is 19.7 Å². The highest BCUT2D eigenvalue weighted by molar-refractivity contribution is 7.80. The van der Waals surface area contributed by atoms with Crippen molar-refractivity contribution in [2.75, 3.05) is 0 Å². The number of hydrazine groups is 1. The molecule has 0 aliphatic carbocycles. The van der Waals surface area contributed by atoms with Crippen LogP contribution in [-0.2, 0) is 11.2 Å². The van der Waals surface area contributed by atoms with E-state index in [0.29, 0.717) is 0 Å². The van der Waals surface area contributed by atoms with Crippen LogP contribution in [0.1, 0.15) is 21.5 Å². The number of nitrogens with zero attached hydrogens (tertiary/aromatic N) is 1. The lowest BCUT2D eigenvalue weighted by Crippen LogP contribution is -2.48. The Morgan fingerprint density at radius 2 is 1.73 bits per heavy atom. The van der Waals surface area contributed by atoms with E-state index in [2.05, 4.69) is 16.2 Å². The number of carbonyl (C=O) groups excluding carboxylic acids is 2. The normalized spacial score (nSPS) is 9.88. The van der Waals surface area contributed by atoms with Gasteiger partial charge < -0.3 is 5.32 Å². The lowest BCUT2D eigenvalue weighted by molar-refractivity contribution is -0.385. The summed E-state index contributed by atoms with van der Waals surface area (Å²) in [5.74, 6) is -1.09. The van der Waals surface area contributed by atoms with Crippen LogP contribution in [0.4, 0.5) is 5.69 Å². The molecule has 2 rings (SSSR count). The molecule has 0 fully saturated rings. The lowest BCUT2D eigenvalue weighted by atomic mass is 10.1. The van der Waals surface area contributed by atoms with Crippen LogP contribution in [0.15, 0.2) is 48.5 Å². The summed E-state index contributed by atoms with van der Waals surface area (Å²) < 4.78 is 0. The number of nitrogens with one attached hydrogen (secondary N) is 3. The summed E-state index contributed by atoms with van der Waals surface area (Å²) in [5.41, 5.74) is 5.96. The first-order valence-corrected chi connectivity index (χ1v) is 7.97. The van der Waals surface area contributed by atoms with Gasteiger partial charge in [0.2, 0.25) is 5.91 Å². The molecule has 0 aromatic heterocycles. The SMILES string of the molecule is Cc1ccccc1CC(=O)NC(=S)NNC(=O)c1ccccc1[N+](=O)[O-]. The minimum atomic E-state index is -0.743. The zero-order chi connectivity index (χ0) is 19.1. The number of aryl methyl sites for hydroxylation is 1. The number of hydrogen-bond acceptors (Lipinski definition) is 5. The zero-order valence-corrected chi connectivity index (χ0v) is 14.6. The zero-order valence-electron chi connectivity index (χ0n) is 13.8. The Morgan fingerprint density at radius 1 is 1.08 bits per heavy atom. The number of thiocarbonyl (C=S) groups is 1. The third-order valence-electron chi connectivity index (χ3n) is 3.50. The van der Waals surface area contributed by atoms with Gasteiger partial charge in [-0.3, -0.25) is 30.6 Å². The topological polar surface area (TPSA) is 113 Å². The quantitative estimate of drug-likeness (QED) is 0.428. The van der Waals surface area contributed by atoms with Gasteiger partial charge in [-0.15, -0.1) is 0 Å². The predicted octanol–water partition coefficient (Wildman–Crippen LogP) is 1.78. The largest absolute Gasteiger partial charge is 0.302 e. The highest BCUT2D eigenvalue weighted by atomic mass is 32.1. The van der Waals surface area contributed by atoms with Gasteiger partial charge in [-0.25, -0.2) is 0 Å². The number of carbonyl (C=O) groups is 2. The van der Waals surface area contributed by atoms with Crippen LogP contribution in [0, 0.1) is 17.0 Å². The first kappa shape index (κ1) is 19.0. The van der Waals surface area contributed by atoms with Gasteiger partial charge >= 0.3 is 0 Å². The standard InChI is InChI=1S/C17H16N4O4S/c1-11-6-2-3-7-12(11)10-15(22)18-17(26)20-19-16(23)13-8-4-5-9-14(13)21(24)25/h2-9H,10H2,1H3,(H,19,23)(H2,18,20,22,26). The molecule has 0 saturated heterocycles. The molecule has 0 unspecified atom stereocenters. The van der Waals surface area contributed by atoms with Gasteiger partial charge in [0.25, 0.3) is 11.6 Å². The Morgan fingerprint density at radius 3 is 2.42 bits per heavy atom. The number of nitro benzene ring substituents is 1. The maximum absolute atomic E-state index is 12.0. The van der Waals surface area contributed by atoms with E-state index in [1.807, 2.05) is 31.2 Å². The minimum Gasteiger partial charge on any atom is -0.302 e. The Balaban J connectivity index is 1.89. The average Bonchev–Trinajstić information content (AvgIpc) is 2.61. The monoisotopic (exact) mass is 372 g/mol. The molecule has 26 heavy (non-hydrogen) atoms. The molecular formula is C17H16N4O4S. The van der Waals surface area contributed by atoms with E-state index in [0.717, 1.165) is 11.1 Å². The molecule has 0 heterocycles. The molecule has 134 valence electrons. The van der Waals surface area contributed by atoms with Crippen LogP contribution in [0.5, 0.6) is 0 Å². The van der Waals surface area contributed by atoms with Gasteiger partial charge in [-0.05, 0) is 36.3 Å². The van der Waals surface area contributed by atoms with Crippen molar-refractivity contribution >= 4 is 34.8 Å². The van der Waals surface area contributed by atoms with Crippen LogP contribution >= 0.6 is 12.2 Å². The van der Waals surface area contributed by atoms with Crippen molar-refractivity contribution in [3.8, 4) is 0 Å². The number of rotatable bonds is 4. The number of nitro groups is 1. The summed E-state index contributed by atoms with van der Waals surface area (Å²) in [7, 11) is 0. The van der Waals surface area contributed by atoms with Crippen molar-refractivity contribution in [2.45, 2.75) is 13.3 Å². The van der Waals surface area contributed by atoms with Crippen molar-refractivity contribution < 1.29 is 14.5 Å². The molecule has 2 amide bonds. The lowest BCUT2D eigenvalue weighted by Gasteiger charge is -2.11. The van der Waals surface area contributed by atoms with E-state index in [1.165, 1.54) is 24.3 Å². The van der Waals surface area contributed by atoms with Crippen molar-refractivity contribution in [2.24, 2.45) is 0 Å². The van der Waals surface area contributed by atoms with E-state index in [4.69, 9.17) is 12.2 Å². The van der Waals surface area contributed by atoms with Crippen LogP contribution < -0.4 is 16.2 Å². The van der Waals surface area contributed by atoms with Crippen LogP contribution in [0.2, 0.25) is 0 Å². The second kappa shape index (κ2) is 8.67. The summed E-state index contributed by atoms with van der Waals surface area (Å²) >= 11 is 4.94. The van der Waals surface area contributed by atoms with Crippen molar-refractivity contribution in [3.63, 3.8) is 0 Å². The van der Waals surface area contributed by atoms with Crippen molar-refractivity contribution in [1.29, 1.82) is 0 Å². The van der Waals surface area contributed by atoms with E-state index in [1.54, 1.807) is 0 Å². The van der Waals surface area contributed by atoms with Crippen molar-refractivity contribution in [3.05, 3.63) is 75.3 Å². The van der Waals surface area contributed by atoms with E-state index >= 15 is 0 Å². The molecular weight excluding hydrogens is 356 g/mol. The fourth-order valence-electron chi connectivity index (χ4n) is 2.19. The summed E-state index contributed by atoms with van der Waals surface area (Å²) in [4.78, 5) is 34.3. The molecule has 0 saturated carbocycles. The number of amides is 2. The van der Waals surface area contributed by atoms with Gasteiger partial charge in [0.1, 0.15) is 5.56 Å². The molecule has 0 spiro atoms. The highest BCUT2D eigenvalue weighted by Crippen LogP contribution is 2.16.